The van der Waals surface area contributed by atoms with E-state index in [4.69, 9.17) is 4.74 Å². The van der Waals surface area contributed by atoms with Gasteiger partial charge in [0.1, 0.15) is 11.5 Å². The van der Waals surface area contributed by atoms with Crippen molar-refractivity contribution >= 4 is 34.0 Å². The second kappa shape index (κ2) is 14.3. The molecule has 1 fully saturated rings. The van der Waals surface area contributed by atoms with E-state index < -0.39 is 10.0 Å². The van der Waals surface area contributed by atoms with Gasteiger partial charge in [-0.05, 0) is 80.4 Å². The number of nitrogens with zero attached hydrogens (tertiary/aromatic N) is 1. The Balaban J connectivity index is 0.00000420. The first-order valence-electron chi connectivity index (χ1n) is 12.9. The Hall–Kier alpha value is -3.11. The van der Waals surface area contributed by atoms with E-state index >= 15 is 0 Å². The molecule has 3 aromatic carbocycles. The normalized spacial score (nSPS) is 15.1. The van der Waals surface area contributed by atoms with Crippen molar-refractivity contribution in [2.24, 2.45) is 0 Å². The monoisotopic (exact) mass is 572 g/mol. The number of sulfonamides is 1. The maximum Gasteiger partial charge on any atom is 0.237 e. The van der Waals surface area contributed by atoms with Gasteiger partial charge in [0.25, 0.3) is 0 Å². The number of hydrogen-bond acceptors (Lipinski definition) is 6. The molecule has 1 aliphatic rings. The number of carbonyl (C=O) groups is 1. The molecule has 1 heterocycles. The number of rotatable bonds is 11. The zero-order valence-electron chi connectivity index (χ0n) is 22.3. The zero-order valence-corrected chi connectivity index (χ0v) is 23.9. The van der Waals surface area contributed by atoms with Crippen molar-refractivity contribution in [3.63, 3.8) is 0 Å². The van der Waals surface area contributed by atoms with E-state index in [9.17, 15) is 13.2 Å². The predicted molar refractivity (Wildman–Crippen MR) is 158 cm³/mol. The molecule has 0 radical (unpaired) electrons. The van der Waals surface area contributed by atoms with E-state index in [1.54, 1.807) is 24.3 Å². The minimum atomic E-state index is -3.30. The lowest BCUT2D eigenvalue weighted by Gasteiger charge is -2.33. The lowest BCUT2D eigenvalue weighted by molar-refractivity contribution is -0.123. The summed E-state index contributed by atoms with van der Waals surface area (Å²) in [4.78, 5) is 14.9. The molecule has 3 N–H and O–H groups in total. The third-order valence-corrected chi connectivity index (χ3v) is 7.11. The Morgan fingerprint density at radius 1 is 0.923 bits per heavy atom. The highest BCUT2D eigenvalue weighted by Gasteiger charge is 2.23. The van der Waals surface area contributed by atoms with Gasteiger partial charge >= 0.3 is 0 Å². The quantitative estimate of drug-likeness (QED) is 0.312. The molecule has 10 heteroatoms. The first kappa shape index (κ1) is 30.4. The molecular weight excluding hydrogens is 536 g/mol. The molecule has 1 atom stereocenters. The molecule has 39 heavy (non-hydrogen) atoms. The number of likely N-dealkylation sites (tertiary alicyclic amines) is 1. The summed E-state index contributed by atoms with van der Waals surface area (Å²) in [7, 11) is -3.30. The van der Waals surface area contributed by atoms with Crippen molar-refractivity contribution in [3.05, 3.63) is 90.0 Å². The van der Waals surface area contributed by atoms with Crippen LogP contribution in [-0.4, -0.2) is 50.7 Å². The highest BCUT2D eigenvalue weighted by molar-refractivity contribution is 7.92. The summed E-state index contributed by atoms with van der Waals surface area (Å²) < 4.78 is 31.0. The highest BCUT2D eigenvalue weighted by atomic mass is 35.5. The fraction of sp³-hybridized carbons (Fsp3) is 0.345. The predicted octanol–water partition coefficient (Wildman–Crippen LogP) is 4.53. The average Bonchev–Trinajstić information content (AvgIpc) is 2.90. The fourth-order valence-electron chi connectivity index (χ4n) is 4.49. The summed E-state index contributed by atoms with van der Waals surface area (Å²) in [6.45, 7) is 5.29. The van der Waals surface area contributed by atoms with Crippen LogP contribution in [-0.2, 0) is 27.9 Å². The van der Waals surface area contributed by atoms with Crippen molar-refractivity contribution in [2.45, 2.75) is 44.9 Å². The highest BCUT2D eigenvalue weighted by Crippen LogP contribution is 2.24. The van der Waals surface area contributed by atoms with Crippen molar-refractivity contribution in [3.8, 4) is 11.5 Å². The van der Waals surface area contributed by atoms with E-state index in [0.717, 1.165) is 50.0 Å². The second-order valence-corrected chi connectivity index (χ2v) is 11.5. The van der Waals surface area contributed by atoms with E-state index in [2.05, 4.69) is 32.4 Å². The summed E-state index contributed by atoms with van der Waals surface area (Å²) >= 11 is 0. The van der Waals surface area contributed by atoms with Crippen LogP contribution in [0.25, 0.3) is 0 Å². The van der Waals surface area contributed by atoms with E-state index in [-0.39, 0.29) is 24.4 Å². The van der Waals surface area contributed by atoms with Gasteiger partial charge in [-0.2, -0.15) is 0 Å². The third-order valence-electron chi connectivity index (χ3n) is 6.50. The summed E-state index contributed by atoms with van der Waals surface area (Å²) in [6, 6.07) is 24.9. The average molecular weight is 573 g/mol. The molecule has 3 aromatic rings. The number of ether oxygens (including phenoxy) is 1. The Bertz CT molecular complexity index is 1280. The molecule has 1 amide bonds. The SMILES string of the molecule is CC(NC1CCN(Cc2ccc(Oc3ccc(NS(C)(=O)=O)cc3)cc2)CC1)C(=O)NCc1ccccc1.Cl. The van der Waals surface area contributed by atoms with Crippen LogP contribution in [0.3, 0.4) is 0 Å². The van der Waals surface area contributed by atoms with Gasteiger partial charge < -0.3 is 15.4 Å². The first-order chi connectivity index (χ1) is 18.2. The Labute approximate surface area is 237 Å². The van der Waals surface area contributed by atoms with Gasteiger partial charge in [-0.25, -0.2) is 8.42 Å². The lowest BCUT2D eigenvalue weighted by atomic mass is 10.0. The standard InChI is InChI=1S/C29H36N4O4S.ClH/c1-22(29(34)30-20-23-6-4-3-5-7-23)31-25-16-18-33(19-17-25)21-24-8-12-27(13-9-24)37-28-14-10-26(11-15-28)32-38(2,35)36;/h3-15,22,25,31-32H,16-21H2,1-2H3,(H,30,34);1H. The largest absolute Gasteiger partial charge is 0.457 e. The smallest absolute Gasteiger partial charge is 0.237 e. The van der Waals surface area contributed by atoms with E-state index in [1.165, 1.54) is 5.56 Å². The van der Waals surface area contributed by atoms with Crippen LogP contribution in [0.4, 0.5) is 5.69 Å². The van der Waals surface area contributed by atoms with E-state index in [0.29, 0.717) is 24.0 Å². The maximum absolute atomic E-state index is 12.5. The number of carbonyl (C=O) groups excluding carboxylic acids is 1. The van der Waals surface area contributed by atoms with Crippen LogP contribution < -0.4 is 20.1 Å². The molecule has 0 aliphatic carbocycles. The van der Waals surface area contributed by atoms with Crippen LogP contribution >= 0.6 is 12.4 Å². The molecule has 0 aromatic heterocycles. The molecular formula is C29H37ClN4O4S. The molecule has 0 spiro atoms. The number of benzene rings is 3. The van der Waals surface area contributed by atoms with Gasteiger partial charge in [-0.1, -0.05) is 42.5 Å². The molecule has 210 valence electrons. The Kier molecular flexibility index (Phi) is 11.2. The Morgan fingerprint density at radius 2 is 1.51 bits per heavy atom. The maximum atomic E-state index is 12.5. The van der Waals surface area contributed by atoms with Crippen molar-refractivity contribution < 1.29 is 17.9 Å². The minimum Gasteiger partial charge on any atom is -0.457 e. The number of nitrogens with one attached hydrogen (secondary N) is 3. The number of halogens is 1. The summed E-state index contributed by atoms with van der Waals surface area (Å²) in [5.74, 6) is 1.38. The molecule has 1 saturated heterocycles. The van der Waals surface area contributed by atoms with Gasteiger partial charge in [0.15, 0.2) is 0 Å². The molecule has 0 bridgehead atoms. The van der Waals surface area contributed by atoms with Gasteiger partial charge in [-0.3, -0.25) is 14.4 Å². The topological polar surface area (TPSA) is 99.8 Å². The molecule has 8 nitrogen and oxygen atoms in total. The molecule has 4 rings (SSSR count). The van der Waals surface area contributed by atoms with Crippen molar-refractivity contribution in [2.75, 3.05) is 24.1 Å². The first-order valence-corrected chi connectivity index (χ1v) is 14.8. The van der Waals surface area contributed by atoms with Crippen LogP contribution in [0.2, 0.25) is 0 Å². The minimum absolute atomic E-state index is 0. The molecule has 1 unspecified atom stereocenters. The van der Waals surface area contributed by atoms with Gasteiger partial charge in [-0.15, -0.1) is 12.4 Å². The fourth-order valence-corrected chi connectivity index (χ4v) is 5.05. The van der Waals surface area contributed by atoms with Gasteiger partial charge in [0.2, 0.25) is 15.9 Å². The van der Waals surface area contributed by atoms with Crippen molar-refractivity contribution in [1.29, 1.82) is 0 Å². The van der Waals surface area contributed by atoms with Crippen LogP contribution in [0.5, 0.6) is 11.5 Å². The summed E-state index contributed by atoms with van der Waals surface area (Å²) in [5, 5.41) is 6.51. The Morgan fingerprint density at radius 3 is 2.10 bits per heavy atom. The number of amides is 1. The lowest BCUT2D eigenvalue weighted by Crippen LogP contribution is -2.50. The van der Waals surface area contributed by atoms with Gasteiger partial charge in [0.05, 0.1) is 12.3 Å². The zero-order chi connectivity index (χ0) is 27.0. The van der Waals surface area contributed by atoms with E-state index in [1.807, 2.05) is 49.4 Å². The number of piperidine rings is 1. The molecule has 1 aliphatic heterocycles. The number of anilines is 1. The second-order valence-electron chi connectivity index (χ2n) is 9.79. The summed E-state index contributed by atoms with van der Waals surface area (Å²) in [5.41, 5.74) is 2.80. The third kappa shape index (κ3) is 10.2. The van der Waals surface area contributed by atoms with Crippen LogP contribution in [0, 0.1) is 0 Å². The summed E-state index contributed by atoms with van der Waals surface area (Å²) in [6.07, 6.45) is 3.12. The van der Waals surface area contributed by atoms with Crippen LogP contribution in [0.15, 0.2) is 78.9 Å². The molecule has 0 saturated carbocycles. The van der Waals surface area contributed by atoms with Crippen molar-refractivity contribution in [1.82, 2.24) is 15.5 Å². The van der Waals surface area contributed by atoms with Crippen LogP contribution in [0.1, 0.15) is 30.9 Å². The van der Waals surface area contributed by atoms with Gasteiger partial charge in [0, 0.05) is 24.8 Å². The number of hydrogen-bond donors (Lipinski definition) is 3.